The Morgan fingerprint density at radius 1 is 0.964 bits per heavy atom. The van der Waals surface area contributed by atoms with Gasteiger partial charge in [0.15, 0.2) is 5.69 Å². The molecule has 0 spiro atoms. The number of nitrogens with one attached hydrogen (secondary N) is 2. The highest BCUT2D eigenvalue weighted by Gasteiger charge is 2.23. The molecule has 2 aromatic heterocycles. The molecule has 0 radical (unpaired) electrons. The SMILES string of the molecule is CC(C)c1cc(C(=O)NNC(=O)c2ccc3ccccc3n2)nn1C(C)(C)C. The average Bonchev–Trinajstić information content (AvgIpc) is 3.12. The number of hydrazine groups is 1. The first-order valence-electron chi connectivity index (χ1n) is 9.24. The van der Waals surface area contributed by atoms with E-state index in [9.17, 15) is 9.59 Å². The minimum Gasteiger partial charge on any atom is -0.266 e. The Bertz CT molecular complexity index is 1030. The molecule has 0 unspecified atom stereocenters. The fraction of sp³-hybridized carbons (Fsp3) is 0.333. The van der Waals surface area contributed by atoms with Crippen LogP contribution < -0.4 is 10.9 Å². The maximum absolute atomic E-state index is 12.5. The quantitative estimate of drug-likeness (QED) is 0.683. The minimum atomic E-state index is -0.488. The Balaban J connectivity index is 1.73. The Labute approximate surface area is 164 Å². The van der Waals surface area contributed by atoms with Crippen LogP contribution in [0.15, 0.2) is 42.5 Å². The van der Waals surface area contributed by atoms with Crippen molar-refractivity contribution in [1.29, 1.82) is 0 Å². The van der Waals surface area contributed by atoms with Crippen molar-refractivity contribution in [3.63, 3.8) is 0 Å². The largest absolute Gasteiger partial charge is 0.290 e. The summed E-state index contributed by atoms with van der Waals surface area (Å²) in [5.41, 5.74) is 6.73. The van der Waals surface area contributed by atoms with Crippen molar-refractivity contribution < 1.29 is 9.59 Å². The molecular weight excluding hydrogens is 354 g/mol. The lowest BCUT2D eigenvalue weighted by atomic mass is 10.1. The number of amides is 2. The lowest BCUT2D eigenvalue weighted by molar-refractivity contribution is 0.0840. The third-order valence-electron chi connectivity index (χ3n) is 4.32. The average molecular weight is 379 g/mol. The molecule has 0 saturated heterocycles. The molecule has 7 nitrogen and oxygen atoms in total. The summed E-state index contributed by atoms with van der Waals surface area (Å²) in [5, 5.41) is 5.37. The first kappa shape index (κ1) is 19.5. The maximum Gasteiger partial charge on any atom is 0.290 e. The molecule has 0 aliphatic carbocycles. The summed E-state index contributed by atoms with van der Waals surface area (Å²) >= 11 is 0. The fourth-order valence-electron chi connectivity index (χ4n) is 2.89. The standard InChI is InChI=1S/C21H25N5O2/c1-13(2)18-12-17(25-26(18)21(3,4)5)20(28)24-23-19(27)16-11-10-14-8-6-7-9-15(14)22-16/h6-13H,1-5H3,(H,23,27)(H,24,28). The number of carbonyl (C=O) groups is 2. The molecule has 0 atom stereocenters. The Hall–Kier alpha value is -3.22. The van der Waals surface area contributed by atoms with Crippen molar-refractivity contribution >= 4 is 22.7 Å². The number of nitrogens with zero attached hydrogens (tertiary/aromatic N) is 3. The number of hydrogen-bond donors (Lipinski definition) is 2. The van der Waals surface area contributed by atoms with E-state index in [1.54, 1.807) is 12.1 Å². The van der Waals surface area contributed by atoms with Crippen LogP contribution in [-0.2, 0) is 5.54 Å². The molecule has 2 amide bonds. The molecule has 1 aromatic carbocycles. The van der Waals surface area contributed by atoms with Gasteiger partial charge in [-0.25, -0.2) is 4.98 Å². The molecular formula is C21H25N5O2. The second-order valence-electron chi connectivity index (χ2n) is 7.99. The molecule has 7 heteroatoms. The first-order valence-corrected chi connectivity index (χ1v) is 9.24. The Morgan fingerprint density at radius 2 is 1.61 bits per heavy atom. The van der Waals surface area contributed by atoms with Crippen molar-refractivity contribution in [2.45, 2.75) is 46.1 Å². The number of benzene rings is 1. The van der Waals surface area contributed by atoms with E-state index >= 15 is 0 Å². The number of aromatic nitrogens is 3. The molecule has 0 aliphatic heterocycles. The lowest BCUT2D eigenvalue weighted by Gasteiger charge is -2.23. The van der Waals surface area contributed by atoms with Gasteiger partial charge in [0.1, 0.15) is 5.69 Å². The third kappa shape index (κ3) is 4.03. The summed E-state index contributed by atoms with van der Waals surface area (Å²) in [6.07, 6.45) is 0. The Morgan fingerprint density at radius 3 is 2.21 bits per heavy atom. The van der Waals surface area contributed by atoms with Crippen LogP contribution in [0.1, 0.15) is 67.2 Å². The van der Waals surface area contributed by atoms with E-state index in [4.69, 9.17) is 0 Å². The number of rotatable bonds is 3. The van der Waals surface area contributed by atoms with E-state index in [2.05, 4.69) is 20.9 Å². The van der Waals surface area contributed by atoms with Gasteiger partial charge in [0.05, 0.1) is 11.1 Å². The Kier molecular flexibility index (Phi) is 5.18. The zero-order chi connectivity index (χ0) is 20.5. The van der Waals surface area contributed by atoms with Crippen molar-refractivity contribution in [2.75, 3.05) is 0 Å². The molecule has 0 fully saturated rings. The number of hydrogen-bond acceptors (Lipinski definition) is 4. The number of para-hydroxylation sites is 1. The zero-order valence-electron chi connectivity index (χ0n) is 16.8. The summed E-state index contributed by atoms with van der Waals surface area (Å²) in [4.78, 5) is 29.2. The van der Waals surface area contributed by atoms with Gasteiger partial charge >= 0.3 is 0 Å². The summed E-state index contributed by atoms with van der Waals surface area (Å²) in [6, 6.07) is 12.7. The van der Waals surface area contributed by atoms with E-state index < -0.39 is 11.8 Å². The second-order valence-corrected chi connectivity index (χ2v) is 7.99. The van der Waals surface area contributed by atoms with E-state index in [-0.39, 0.29) is 22.8 Å². The third-order valence-corrected chi connectivity index (χ3v) is 4.32. The van der Waals surface area contributed by atoms with E-state index in [0.717, 1.165) is 11.1 Å². The molecule has 2 heterocycles. The highest BCUT2D eigenvalue weighted by molar-refractivity contribution is 5.98. The van der Waals surface area contributed by atoms with Crippen LogP contribution in [0.2, 0.25) is 0 Å². The van der Waals surface area contributed by atoms with Crippen LogP contribution in [0.4, 0.5) is 0 Å². The van der Waals surface area contributed by atoms with Gasteiger partial charge in [-0.3, -0.25) is 25.1 Å². The minimum absolute atomic E-state index is 0.213. The maximum atomic E-state index is 12.5. The monoisotopic (exact) mass is 379 g/mol. The van der Waals surface area contributed by atoms with Crippen molar-refractivity contribution in [2.24, 2.45) is 0 Å². The van der Waals surface area contributed by atoms with Crippen LogP contribution in [0.25, 0.3) is 10.9 Å². The van der Waals surface area contributed by atoms with Gasteiger partial charge in [-0.05, 0) is 44.9 Å². The molecule has 0 saturated carbocycles. The van der Waals surface area contributed by atoms with E-state index in [0.29, 0.717) is 5.52 Å². The zero-order valence-corrected chi connectivity index (χ0v) is 16.8. The van der Waals surface area contributed by atoms with Crippen LogP contribution >= 0.6 is 0 Å². The van der Waals surface area contributed by atoms with Gasteiger partial charge in [0.2, 0.25) is 0 Å². The van der Waals surface area contributed by atoms with Gasteiger partial charge in [-0.15, -0.1) is 0 Å². The highest BCUT2D eigenvalue weighted by atomic mass is 16.2. The molecule has 28 heavy (non-hydrogen) atoms. The first-order chi connectivity index (χ1) is 13.2. The highest BCUT2D eigenvalue weighted by Crippen LogP contribution is 2.23. The smallest absolute Gasteiger partial charge is 0.266 e. The van der Waals surface area contributed by atoms with E-state index in [1.807, 2.05) is 69.6 Å². The topological polar surface area (TPSA) is 88.9 Å². The molecule has 2 N–H and O–H groups in total. The van der Waals surface area contributed by atoms with Crippen LogP contribution in [0.3, 0.4) is 0 Å². The fourth-order valence-corrected chi connectivity index (χ4v) is 2.89. The van der Waals surface area contributed by atoms with Crippen LogP contribution in [0.5, 0.6) is 0 Å². The predicted octanol–water partition coefficient (Wildman–Crippen LogP) is 3.38. The number of carbonyl (C=O) groups excluding carboxylic acids is 2. The van der Waals surface area contributed by atoms with Crippen LogP contribution in [0, 0.1) is 0 Å². The molecule has 146 valence electrons. The van der Waals surface area contributed by atoms with Crippen molar-refractivity contribution in [1.82, 2.24) is 25.6 Å². The van der Waals surface area contributed by atoms with E-state index in [1.165, 1.54) is 0 Å². The second kappa shape index (κ2) is 7.42. The van der Waals surface area contributed by atoms with Gasteiger partial charge in [-0.1, -0.05) is 38.1 Å². The lowest BCUT2D eigenvalue weighted by Crippen LogP contribution is -2.42. The van der Waals surface area contributed by atoms with Crippen LogP contribution in [-0.4, -0.2) is 26.6 Å². The van der Waals surface area contributed by atoms with Gasteiger partial charge in [0.25, 0.3) is 11.8 Å². The summed E-state index contributed by atoms with van der Waals surface area (Å²) in [7, 11) is 0. The number of pyridine rings is 1. The summed E-state index contributed by atoms with van der Waals surface area (Å²) < 4.78 is 1.85. The predicted molar refractivity (Wildman–Crippen MR) is 108 cm³/mol. The van der Waals surface area contributed by atoms with Gasteiger partial charge < -0.3 is 0 Å². The summed E-state index contributed by atoms with van der Waals surface area (Å²) in [6.45, 7) is 10.2. The normalized spacial score (nSPS) is 11.6. The van der Waals surface area contributed by atoms with Crippen molar-refractivity contribution in [3.8, 4) is 0 Å². The molecule has 0 bridgehead atoms. The number of fused-ring (bicyclic) bond motifs is 1. The molecule has 3 rings (SSSR count). The summed E-state index contributed by atoms with van der Waals surface area (Å²) in [5.74, 6) is -0.748. The van der Waals surface area contributed by atoms with Gasteiger partial charge in [-0.2, -0.15) is 5.10 Å². The van der Waals surface area contributed by atoms with Gasteiger partial charge in [0, 0.05) is 11.1 Å². The molecule has 0 aliphatic rings. The molecule has 3 aromatic rings. The van der Waals surface area contributed by atoms with Crippen molar-refractivity contribution in [3.05, 3.63) is 59.5 Å².